The fraction of sp³-hybridized carbons (Fsp3) is 0. The van der Waals surface area contributed by atoms with Crippen LogP contribution in [-0.4, -0.2) is 21.2 Å². The van der Waals surface area contributed by atoms with Gasteiger partial charge >= 0.3 is 0 Å². The standard InChI is InChI=1S/C15H11N5S/c1-2-6-11-10(5-1)17-14(18-11)9-16-20-15-19-12-7-3-4-8-13(12)21-15/h1-9H,(H,17,18)(H,19,20)/b16-9+. The molecule has 0 aliphatic heterocycles. The molecule has 0 aliphatic rings. The van der Waals surface area contributed by atoms with Crippen molar-refractivity contribution in [3.63, 3.8) is 0 Å². The first kappa shape index (κ1) is 12.0. The van der Waals surface area contributed by atoms with E-state index in [2.05, 4.69) is 25.5 Å². The highest BCUT2D eigenvalue weighted by Gasteiger charge is 2.01. The predicted molar refractivity (Wildman–Crippen MR) is 86.9 cm³/mol. The van der Waals surface area contributed by atoms with Gasteiger partial charge in [-0.15, -0.1) is 0 Å². The lowest BCUT2D eigenvalue weighted by atomic mass is 10.3. The molecule has 0 aliphatic carbocycles. The number of aromatic nitrogens is 3. The number of hydrogen-bond acceptors (Lipinski definition) is 5. The van der Waals surface area contributed by atoms with Gasteiger partial charge in [-0.3, -0.25) is 5.43 Å². The maximum atomic E-state index is 4.45. The average molecular weight is 293 g/mol. The minimum absolute atomic E-state index is 0.713. The summed E-state index contributed by atoms with van der Waals surface area (Å²) in [6, 6.07) is 15.9. The molecule has 2 N–H and O–H groups in total. The van der Waals surface area contributed by atoms with Crippen LogP contribution in [0.25, 0.3) is 21.3 Å². The second kappa shape index (κ2) is 4.99. The van der Waals surface area contributed by atoms with E-state index in [9.17, 15) is 0 Å². The molecule has 0 atom stereocenters. The van der Waals surface area contributed by atoms with Crippen molar-refractivity contribution in [1.29, 1.82) is 0 Å². The molecule has 0 unspecified atom stereocenters. The summed E-state index contributed by atoms with van der Waals surface area (Å²) in [5, 5.41) is 4.95. The third-order valence-electron chi connectivity index (χ3n) is 3.05. The second-order valence-corrected chi connectivity index (χ2v) is 5.53. The fourth-order valence-electron chi connectivity index (χ4n) is 2.10. The van der Waals surface area contributed by atoms with Gasteiger partial charge in [-0.2, -0.15) is 5.10 Å². The first-order valence-corrected chi connectivity index (χ1v) is 7.29. The Morgan fingerprint density at radius 2 is 1.81 bits per heavy atom. The summed E-state index contributed by atoms with van der Waals surface area (Å²) in [4.78, 5) is 12.1. The average Bonchev–Trinajstić information content (AvgIpc) is 3.09. The van der Waals surface area contributed by atoms with Crippen LogP contribution in [0.5, 0.6) is 0 Å². The van der Waals surface area contributed by atoms with E-state index in [1.807, 2.05) is 48.5 Å². The van der Waals surface area contributed by atoms with Gasteiger partial charge in [0, 0.05) is 0 Å². The van der Waals surface area contributed by atoms with Crippen molar-refractivity contribution in [2.24, 2.45) is 5.10 Å². The molecule has 4 rings (SSSR count). The van der Waals surface area contributed by atoms with Gasteiger partial charge in [-0.25, -0.2) is 9.97 Å². The molecule has 2 aromatic carbocycles. The van der Waals surface area contributed by atoms with Gasteiger partial charge in [0.05, 0.1) is 27.5 Å². The van der Waals surface area contributed by atoms with Crippen molar-refractivity contribution in [1.82, 2.24) is 15.0 Å². The topological polar surface area (TPSA) is 66.0 Å². The normalized spacial score (nSPS) is 11.6. The lowest BCUT2D eigenvalue weighted by molar-refractivity contribution is 1.26. The summed E-state index contributed by atoms with van der Waals surface area (Å²) in [5.74, 6) is 0.713. The maximum absolute atomic E-state index is 4.45. The first-order valence-electron chi connectivity index (χ1n) is 6.48. The fourth-order valence-corrected chi connectivity index (χ4v) is 2.92. The van der Waals surface area contributed by atoms with E-state index in [1.165, 1.54) is 0 Å². The quantitative estimate of drug-likeness (QED) is 0.448. The zero-order valence-corrected chi connectivity index (χ0v) is 11.8. The molecule has 6 heteroatoms. The van der Waals surface area contributed by atoms with Gasteiger partial charge in [0.1, 0.15) is 0 Å². The van der Waals surface area contributed by atoms with E-state index < -0.39 is 0 Å². The molecule has 0 bridgehead atoms. The largest absolute Gasteiger partial charge is 0.337 e. The number of benzene rings is 2. The van der Waals surface area contributed by atoms with E-state index in [-0.39, 0.29) is 0 Å². The molecule has 2 aromatic heterocycles. The van der Waals surface area contributed by atoms with Gasteiger partial charge in [0.2, 0.25) is 5.13 Å². The maximum Gasteiger partial charge on any atom is 0.204 e. The molecule has 5 nitrogen and oxygen atoms in total. The van der Waals surface area contributed by atoms with E-state index in [0.29, 0.717) is 5.82 Å². The van der Waals surface area contributed by atoms with Crippen molar-refractivity contribution < 1.29 is 0 Å². The molecule has 0 fully saturated rings. The van der Waals surface area contributed by atoms with E-state index >= 15 is 0 Å². The molecular formula is C15H11N5S. The number of rotatable bonds is 3. The molecule has 0 saturated carbocycles. The van der Waals surface area contributed by atoms with Crippen molar-refractivity contribution in [3.05, 3.63) is 54.4 Å². The number of hydrogen-bond donors (Lipinski definition) is 2. The van der Waals surface area contributed by atoms with Crippen molar-refractivity contribution in [2.45, 2.75) is 0 Å². The van der Waals surface area contributed by atoms with Crippen LogP contribution < -0.4 is 5.43 Å². The number of fused-ring (bicyclic) bond motifs is 2. The van der Waals surface area contributed by atoms with Gasteiger partial charge < -0.3 is 4.98 Å². The monoisotopic (exact) mass is 293 g/mol. The number of aromatic amines is 1. The minimum Gasteiger partial charge on any atom is -0.337 e. The van der Waals surface area contributed by atoms with Crippen LogP contribution in [0.15, 0.2) is 53.6 Å². The number of nitrogens with zero attached hydrogens (tertiary/aromatic N) is 3. The number of H-pyrrole nitrogens is 1. The Labute approximate surface area is 124 Å². The van der Waals surface area contributed by atoms with E-state index in [1.54, 1.807) is 17.6 Å². The molecular weight excluding hydrogens is 282 g/mol. The number of thiazole rings is 1. The first-order chi connectivity index (χ1) is 10.4. The minimum atomic E-state index is 0.713. The number of hydrazone groups is 1. The highest BCUT2D eigenvalue weighted by Crippen LogP contribution is 2.25. The zero-order chi connectivity index (χ0) is 14.1. The summed E-state index contributed by atoms with van der Waals surface area (Å²) in [6.45, 7) is 0. The Morgan fingerprint density at radius 1 is 1.00 bits per heavy atom. The summed E-state index contributed by atoms with van der Waals surface area (Å²) in [7, 11) is 0. The molecule has 0 saturated heterocycles. The predicted octanol–water partition coefficient (Wildman–Crippen LogP) is 3.62. The number of imidazole rings is 1. The van der Waals surface area contributed by atoms with Gasteiger partial charge in [-0.1, -0.05) is 35.6 Å². The lowest BCUT2D eigenvalue weighted by Gasteiger charge is -1.90. The summed E-state index contributed by atoms with van der Waals surface area (Å²) < 4.78 is 1.14. The summed E-state index contributed by atoms with van der Waals surface area (Å²) in [6.07, 6.45) is 1.66. The van der Waals surface area contributed by atoms with Crippen LogP contribution in [0.1, 0.15) is 5.82 Å². The van der Waals surface area contributed by atoms with Crippen LogP contribution in [0, 0.1) is 0 Å². The number of anilines is 1. The Kier molecular flexibility index (Phi) is 2.86. The Morgan fingerprint density at radius 3 is 2.67 bits per heavy atom. The number of para-hydroxylation sites is 3. The lowest BCUT2D eigenvalue weighted by Crippen LogP contribution is -1.91. The van der Waals surface area contributed by atoms with Crippen molar-refractivity contribution in [2.75, 3.05) is 5.43 Å². The number of nitrogens with one attached hydrogen (secondary N) is 2. The zero-order valence-electron chi connectivity index (χ0n) is 10.9. The van der Waals surface area contributed by atoms with E-state index in [0.717, 1.165) is 26.4 Å². The molecule has 0 amide bonds. The molecule has 2 heterocycles. The van der Waals surface area contributed by atoms with Gasteiger partial charge in [0.25, 0.3) is 0 Å². The van der Waals surface area contributed by atoms with Gasteiger partial charge in [0.15, 0.2) is 5.82 Å². The highest BCUT2D eigenvalue weighted by molar-refractivity contribution is 7.22. The Hall–Kier alpha value is -2.73. The van der Waals surface area contributed by atoms with Crippen LogP contribution in [0.2, 0.25) is 0 Å². The third-order valence-corrected chi connectivity index (χ3v) is 3.99. The van der Waals surface area contributed by atoms with Crippen LogP contribution in [0.3, 0.4) is 0 Å². The van der Waals surface area contributed by atoms with Crippen LogP contribution in [0.4, 0.5) is 5.13 Å². The van der Waals surface area contributed by atoms with Crippen LogP contribution in [-0.2, 0) is 0 Å². The second-order valence-electron chi connectivity index (χ2n) is 4.50. The SMILES string of the molecule is C(=N\Nc1nc2ccccc2s1)/c1nc2ccccc2[nH]1. The van der Waals surface area contributed by atoms with Crippen molar-refractivity contribution in [3.8, 4) is 0 Å². The molecule has 0 radical (unpaired) electrons. The summed E-state index contributed by atoms with van der Waals surface area (Å²) in [5.41, 5.74) is 5.85. The molecule has 102 valence electrons. The Bertz CT molecular complexity index is 871. The molecule has 21 heavy (non-hydrogen) atoms. The smallest absolute Gasteiger partial charge is 0.204 e. The third kappa shape index (κ3) is 2.36. The summed E-state index contributed by atoms with van der Waals surface area (Å²) >= 11 is 1.57. The highest BCUT2D eigenvalue weighted by atomic mass is 32.1. The van der Waals surface area contributed by atoms with Crippen molar-refractivity contribution >= 4 is 43.9 Å². The van der Waals surface area contributed by atoms with Gasteiger partial charge in [-0.05, 0) is 24.3 Å². The Balaban J connectivity index is 1.55. The van der Waals surface area contributed by atoms with Crippen LogP contribution >= 0.6 is 11.3 Å². The van der Waals surface area contributed by atoms with E-state index in [4.69, 9.17) is 0 Å². The molecule has 0 spiro atoms. The molecule has 4 aromatic rings.